The van der Waals surface area contributed by atoms with Crippen molar-refractivity contribution in [3.05, 3.63) is 11.3 Å². The van der Waals surface area contributed by atoms with Crippen LogP contribution in [0, 0.1) is 6.92 Å². The van der Waals surface area contributed by atoms with E-state index in [1.54, 1.807) is 11.8 Å². The van der Waals surface area contributed by atoms with Crippen LogP contribution < -0.4 is 15.4 Å². The van der Waals surface area contributed by atoms with E-state index in [0.717, 1.165) is 23.6 Å². The number of carbonyl (C=O) groups is 1. The van der Waals surface area contributed by atoms with Crippen LogP contribution in [0.3, 0.4) is 0 Å². The normalized spacial score (nSPS) is 12.8. The molecule has 1 amide bonds. The average Bonchev–Trinajstić information content (AvgIpc) is 2.69. The maximum absolute atomic E-state index is 11.8. The number of hydrogen-bond acceptors (Lipinski definition) is 5. The summed E-state index contributed by atoms with van der Waals surface area (Å²) >= 11 is 0. The van der Waals surface area contributed by atoms with Crippen molar-refractivity contribution < 1.29 is 14.3 Å². The fourth-order valence-corrected chi connectivity index (χ4v) is 2.28. The number of amides is 1. The van der Waals surface area contributed by atoms with Crippen LogP contribution in [0.25, 0.3) is 0 Å². The fraction of sp³-hybridized carbons (Fsp3) is 0.750. The Morgan fingerprint density at radius 2 is 2.04 bits per heavy atom. The molecule has 23 heavy (non-hydrogen) atoms. The SMILES string of the molecule is CCC(CNCc1c(C)nn(C)c1OC)NC(=O)OC(C)(C)C. The molecule has 0 fully saturated rings. The highest BCUT2D eigenvalue weighted by Crippen LogP contribution is 2.20. The third-order valence-electron chi connectivity index (χ3n) is 3.39. The molecule has 0 bridgehead atoms. The number of rotatable bonds is 7. The Morgan fingerprint density at radius 3 is 2.57 bits per heavy atom. The smallest absolute Gasteiger partial charge is 0.407 e. The van der Waals surface area contributed by atoms with Gasteiger partial charge in [0.05, 0.1) is 18.4 Å². The average molecular weight is 326 g/mol. The molecule has 0 aromatic carbocycles. The lowest BCUT2D eigenvalue weighted by atomic mass is 10.2. The van der Waals surface area contributed by atoms with Crippen molar-refractivity contribution in [2.75, 3.05) is 13.7 Å². The van der Waals surface area contributed by atoms with E-state index in [4.69, 9.17) is 9.47 Å². The molecule has 0 saturated heterocycles. The molecule has 1 aromatic heterocycles. The van der Waals surface area contributed by atoms with Gasteiger partial charge in [-0.25, -0.2) is 9.48 Å². The van der Waals surface area contributed by atoms with Gasteiger partial charge in [0.25, 0.3) is 0 Å². The van der Waals surface area contributed by atoms with Crippen LogP contribution in [0.1, 0.15) is 45.4 Å². The van der Waals surface area contributed by atoms with E-state index < -0.39 is 5.60 Å². The van der Waals surface area contributed by atoms with Gasteiger partial charge in [-0.2, -0.15) is 5.10 Å². The number of hydrogen-bond donors (Lipinski definition) is 2. The van der Waals surface area contributed by atoms with Crippen LogP contribution in [0.5, 0.6) is 5.88 Å². The van der Waals surface area contributed by atoms with Crippen LogP contribution >= 0.6 is 0 Å². The highest BCUT2D eigenvalue weighted by Gasteiger charge is 2.19. The highest BCUT2D eigenvalue weighted by molar-refractivity contribution is 5.68. The Balaban J connectivity index is 2.51. The second-order valence-electron chi connectivity index (χ2n) is 6.58. The van der Waals surface area contributed by atoms with Crippen LogP contribution in [-0.2, 0) is 18.3 Å². The Morgan fingerprint density at radius 1 is 1.39 bits per heavy atom. The van der Waals surface area contributed by atoms with Crippen molar-refractivity contribution in [1.82, 2.24) is 20.4 Å². The standard InChI is InChI=1S/C16H30N4O3/c1-8-12(18-15(21)23-16(3,4)5)9-17-10-13-11(2)19-20(6)14(13)22-7/h12,17H,8-10H2,1-7H3,(H,18,21). The zero-order chi connectivity index (χ0) is 17.6. The molecule has 7 nitrogen and oxygen atoms in total. The Labute approximate surface area is 138 Å². The molecule has 0 saturated carbocycles. The minimum absolute atomic E-state index is 0.00724. The van der Waals surface area contributed by atoms with Gasteiger partial charge >= 0.3 is 6.09 Å². The first-order valence-electron chi connectivity index (χ1n) is 7.94. The van der Waals surface area contributed by atoms with E-state index in [1.807, 2.05) is 41.7 Å². The van der Waals surface area contributed by atoms with Gasteiger partial charge in [0.1, 0.15) is 5.60 Å². The summed E-state index contributed by atoms with van der Waals surface area (Å²) in [7, 11) is 3.49. The minimum Gasteiger partial charge on any atom is -0.481 e. The van der Waals surface area contributed by atoms with Gasteiger partial charge in [-0.15, -0.1) is 0 Å². The van der Waals surface area contributed by atoms with Gasteiger partial charge in [-0.3, -0.25) is 0 Å². The van der Waals surface area contributed by atoms with E-state index in [2.05, 4.69) is 15.7 Å². The number of ether oxygens (including phenoxy) is 2. The molecule has 1 heterocycles. The number of alkyl carbamates (subject to hydrolysis) is 1. The first kappa shape index (κ1) is 19.3. The molecule has 1 atom stereocenters. The Kier molecular flexibility index (Phi) is 6.87. The predicted molar refractivity (Wildman–Crippen MR) is 89.7 cm³/mol. The number of methoxy groups -OCH3 is 1. The van der Waals surface area contributed by atoms with Gasteiger partial charge in [0, 0.05) is 26.2 Å². The first-order valence-corrected chi connectivity index (χ1v) is 7.94. The number of nitrogens with one attached hydrogen (secondary N) is 2. The van der Waals surface area contributed by atoms with Gasteiger partial charge in [0.15, 0.2) is 0 Å². The molecule has 7 heteroatoms. The Bertz CT molecular complexity index is 520. The van der Waals surface area contributed by atoms with Crippen LogP contribution in [0.2, 0.25) is 0 Å². The van der Waals surface area contributed by atoms with E-state index in [0.29, 0.717) is 13.1 Å². The first-order chi connectivity index (χ1) is 10.7. The summed E-state index contributed by atoms with van der Waals surface area (Å²) in [6.07, 6.45) is 0.427. The van der Waals surface area contributed by atoms with E-state index >= 15 is 0 Å². The molecule has 0 radical (unpaired) electrons. The van der Waals surface area contributed by atoms with Crippen molar-refractivity contribution in [3.63, 3.8) is 0 Å². The molecule has 2 N–H and O–H groups in total. The highest BCUT2D eigenvalue weighted by atomic mass is 16.6. The second kappa shape index (κ2) is 8.19. The fourth-order valence-electron chi connectivity index (χ4n) is 2.28. The molecule has 132 valence electrons. The summed E-state index contributed by atoms with van der Waals surface area (Å²) in [5, 5.41) is 10.6. The van der Waals surface area contributed by atoms with E-state index in [1.165, 1.54) is 0 Å². The largest absolute Gasteiger partial charge is 0.481 e. The van der Waals surface area contributed by atoms with Gasteiger partial charge in [-0.05, 0) is 34.1 Å². The summed E-state index contributed by atoms with van der Waals surface area (Å²) in [5.74, 6) is 0.753. The molecule has 0 aliphatic carbocycles. The molecular weight excluding hydrogens is 296 g/mol. The minimum atomic E-state index is -0.490. The lowest BCUT2D eigenvalue weighted by Gasteiger charge is -2.23. The summed E-state index contributed by atoms with van der Waals surface area (Å²) in [4.78, 5) is 11.8. The lowest BCUT2D eigenvalue weighted by Crippen LogP contribution is -2.43. The number of aryl methyl sites for hydroxylation is 2. The van der Waals surface area contributed by atoms with Crippen molar-refractivity contribution in [3.8, 4) is 5.88 Å². The topological polar surface area (TPSA) is 77.4 Å². The van der Waals surface area contributed by atoms with Crippen LogP contribution in [-0.4, -0.2) is 41.2 Å². The molecular formula is C16H30N4O3. The molecule has 0 spiro atoms. The lowest BCUT2D eigenvalue weighted by molar-refractivity contribution is 0.0502. The van der Waals surface area contributed by atoms with Gasteiger partial charge < -0.3 is 20.1 Å². The number of aromatic nitrogens is 2. The van der Waals surface area contributed by atoms with Crippen LogP contribution in [0.4, 0.5) is 4.79 Å². The summed E-state index contributed by atoms with van der Waals surface area (Å²) in [5.41, 5.74) is 1.47. The Hall–Kier alpha value is -1.76. The molecule has 1 rings (SSSR count). The maximum atomic E-state index is 11.8. The second-order valence-corrected chi connectivity index (χ2v) is 6.58. The number of nitrogens with zero attached hydrogens (tertiary/aromatic N) is 2. The zero-order valence-corrected chi connectivity index (χ0v) is 15.3. The maximum Gasteiger partial charge on any atom is 0.407 e. The van der Waals surface area contributed by atoms with Crippen LogP contribution in [0.15, 0.2) is 0 Å². The van der Waals surface area contributed by atoms with E-state index in [-0.39, 0.29) is 12.1 Å². The molecule has 1 aromatic rings. The number of carbonyl (C=O) groups excluding carboxylic acids is 1. The van der Waals surface area contributed by atoms with Crippen molar-refractivity contribution >= 4 is 6.09 Å². The zero-order valence-electron chi connectivity index (χ0n) is 15.3. The quantitative estimate of drug-likeness (QED) is 0.802. The predicted octanol–water partition coefficient (Wildman–Crippen LogP) is 2.13. The van der Waals surface area contributed by atoms with Gasteiger partial charge in [0.2, 0.25) is 5.88 Å². The summed E-state index contributed by atoms with van der Waals surface area (Å²) < 4.78 is 12.4. The molecule has 1 unspecified atom stereocenters. The summed E-state index contributed by atoms with van der Waals surface area (Å²) in [6.45, 7) is 10.8. The molecule has 0 aliphatic rings. The third-order valence-corrected chi connectivity index (χ3v) is 3.39. The molecule has 0 aliphatic heterocycles. The summed E-state index contributed by atoms with van der Waals surface area (Å²) in [6, 6.07) is 0.00724. The van der Waals surface area contributed by atoms with Gasteiger partial charge in [-0.1, -0.05) is 6.92 Å². The van der Waals surface area contributed by atoms with Crippen molar-refractivity contribution in [2.45, 2.75) is 59.2 Å². The monoisotopic (exact) mass is 326 g/mol. The van der Waals surface area contributed by atoms with Crippen molar-refractivity contribution in [2.24, 2.45) is 7.05 Å². The van der Waals surface area contributed by atoms with Crippen molar-refractivity contribution in [1.29, 1.82) is 0 Å². The van der Waals surface area contributed by atoms with E-state index in [9.17, 15) is 4.79 Å². The third kappa shape index (κ3) is 6.09.